The predicted molar refractivity (Wildman–Crippen MR) is 88.1 cm³/mol. The van der Waals surface area contributed by atoms with E-state index in [9.17, 15) is 4.79 Å². The molecule has 0 aliphatic carbocycles. The van der Waals surface area contributed by atoms with Crippen molar-refractivity contribution >= 4 is 29.3 Å². The maximum absolute atomic E-state index is 11.6. The molecule has 0 bridgehead atoms. The molecule has 1 rings (SSSR count). The highest BCUT2D eigenvalue weighted by Crippen LogP contribution is 2.23. The molecule has 0 aromatic heterocycles. The second-order valence-corrected chi connectivity index (χ2v) is 6.90. The molecule has 1 aromatic carbocycles. The lowest BCUT2D eigenvalue weighted by molar-refractivity contribution is -0.124. The summed E-state index contributed by atoms with van der Waals surface area (Å²) >= 11 is 7.87. The lowest BCUT2D eigenvalue weighted by atomic mass is 9.97. The van der Waals surface area contributed by atoms with Crippen molar-refractivity contribution in [2.45, 2.75) is 44.5 Å². The van der Waals surface area contributed by atoms with E-state index in [0.717, 1.165) is 22.1 Å². The van der Waals surface area contributed by atoms with Crippen molar-refractivity contribution in [2.24, 2.45) is 5.73 Å². The summed E-state index contributed by atoms with van der Waals surface area (Å²) in [7, 11) is 0. The van der Waals surface area contributed by atoms with Crippen LogP contribution in [0, 0.1) is 0 Å². The van der Waals surface area contributed by atoms with Gasteiger partial charge in [0.05, 0.1) is 5.54 Å². The van der Waals surface area contributed by atoms with E-state index in [1.54, 1.807) is 11.8 Å². The lowest BCUT2D eigenvalue weighted by Gasteiger charge is -2.29. The highest BCUT2D eigenvalue weighted by Gasteiger charge is 2.30. The molecule has 20 heavy (non-hydrogen) atoms. The molecule has 0 aliphatic heterocycles. The van der Waals surface area contributed by atoms with Gasteiger partial charge in [-0.25, -0.2) is 0 Å². The normalized spacial score (nSPS) is 14.2. The number of hydrogen-bond donors (Lipinski definition) is 2. The zero-order valence-electron chi connectivity index (χ0n) is 12.3. The largest absolute Gasteiger partial charge is 0.368 e. The van der Waals surface area contributed by atoms with E-state index in [2.05, 4.69) is 5.32 Å². The van der Waals surface area contributed by atoms with Gasteiger partial charge in [-0.2, -0.15) is 11.8 Å². The van der Waals surface area contributed by atoms with Crippen LogP contribution in [0.15, 0.2) is 24.3 Å². The molecular weight excluding hydrogens is 292 g/mol. The van der Waals surface area contributed by atoms with Crippen LogP contribution in [0.25, 0.3) is 0 Å². The van der Waals surface area contributed by atoms with Crippen LogP contribution in [0.5, 0.6) is 0 Å². The van der Waals surface area contributed by atoms with Gasteiger partial charge in [-0.3, -0.25) is 4.79 Å². The van der Waals surface area contributed by atoms with Crippen molar-refractivity contribution in [3.63, 3.8) is 0 Å². The minimum absolute atomic E-state index is 0.223. The average molecular weight is 315 g/mol. The van der Waals surface area contributed by atoms with Gasteiger partial charge in [-0.05, 0) is 44.6 Å². The first-order valence-electron chi connectivity index (χ1n) is 6.74. The number of benzene rings is 1. The Kier molecular flexibility index (Phi) is 6.86. The van der Waals surface area contributed by atoms with Gasteiger partial charge >= 0.3 is 0 Å². The highest BCUT2D eigenvalue weighted by atomic mass is 35.5. The number of amides is 1. The van der Waals surface area contributed by atoms with Crippen LogP contribution in [0.4, 0.5) is 0 Å². The first kappa shape index (κ1) is 17.3. The van der Waals surface area contributed by atoms with Crippen LogP contribution in [0.1, 0.15) is 32.8 Å². The first-order chi connectivity index (χ1) is 9.35. The standard InChI is InChI=1S/C15H23ClN2OS/c1-11(2)18-15(3,14(17)19)8-9-20-10-12-6-4-5-7-13(12)16/h4-7,11,18H,8-10H2,1-3H3,(H2,17,19). The van der Waals surface area contributed by atoms with E-state index < -0.39 is 5.54 Å². The van der Waals surface area contributed by atoms with E-state index in [0.29, 0.717) is 6.42 Å². The van der Waals surface area contributed by atoms with Crippen molar-refractivity contribution in [3.05, 3.63) is 34.9 Å². The van der Waals surface area contributed by atoms with Crippen molar-refractivity contribution in [3.8, 4) is 0 Å². The number of nitrogens with one attached hydrogen (secondary N) is 1. The topological polar surface area (TPSA) is 55.1 Å². The Morgan fingerprint density at radius 3 is 2.65 bits per heavy atom. The van der Waals surface area contributed by atoms with Crippen molar-refractivity contribution in [1.29, 1.82) is 0 Å². The minimum Gasteiger partial charge on any atom is -0.368 e. The lowest BCUT2D eigenvalue weighted by Crippen LogP contribution is -2.55. The third kappa shape index (κ3) is 5.35. The number of rotatable bonds is 8. The van der Waals surface area contributed by atoms with Crippen LogP contribution in [0.2, 0.25) is 5.02 Å². The second-order valence-electron chi connectivity index (χ2n) is 5.39. The van der Waals surface area contributed by atoms with Crippen molar-refractivity contribution in [1.82, 2.24) is 5.32 Å². The van der Waals surface area contributed by atoms with Gasteiger partial charge in [0.2, 0.25) is 5.91 Å². The molecule has 3 N–H and O–H groups in total. The fourth-order valence-electron chi connectivity index (χ4n) is 1.98. The fraction of sp³-hybridized carbons (Fsp3) is 0.533. The van der Waals surface area contributed by atoms with Crippen LogP contribution in [-0.4, -0.2) is 23.2 Å². The highest BCUT2D eigenvalue weighted by molar-refractivity contribution is 7.98. The Labute approximate surface area is 130 Å². The SMILES string of the molecule is CC(C)NC(C)(CCSCc1ccccc1Cl)C(N)=O. The average Bonchev–Trinajstić information content (AvgIpc) is 2.35. The summed E-state index contributed by atoms with van der Waals surface area (Å²) in [4.78, 5) is 11.6. The van der Waals surface area contributed by atoms with Crippen molar-refractivity contribution < 1.29 is 4.79 Å². The molecule has 5 heteroatoms. The van der Waals surface area contributed by atoms with Crippen LogP contribution < -0.4 is 11.1 Å². The van der Waals surface area contributed by atoms with Gasteiger partial charge in [-0.1, -0.05) is 29.8 Å². The van der Waals surface area contributed by atoms with Crippen LogP contribution in [0.3, 0.4) is 0 Å². The summed E-state index contributed by atoms with van der Waals surface area (Å²) in [5.74, 6) is 1.39. The Morgan fingerprint density at radius 1 is 1.45 bits per heavy atom. The molecule has 1 amide bonds. The van der Waals surface area contributed by atoms with Gasteiger partial charge in [0.15, 0.2) is 0 Å². The van der Waals surface area contributed by atoms with E-state index in [-0.39, 0.29) is 11.9 Å². The summed E-state index contributed by atoms with van der Waals surface area (Å²) in [6.07, 6.45) is 0.704. The molecule has 0 saturated heterocycles. The van der Waals surface area contributed by atoms with Crippen molar-refractivity contribution in [2.75, 3.05) is 5.75 Å². The van der Waals surface area contributed by atoms with Crippen LogP contribution >= 0.6 is 23.4 Å². The van der Waals surface area contributed by atoms with E-state index in [4.69, 9.17) is 17.3 Å². The maximum atomic E-state index is 11.6. The number of carbonyl (C=O) groups excluding carboxylic acids is 1. The molecule has 0 heterocycles. The summed E-state index contributed by atoms with van der Waals surface area (Å²) in [5, 5.41) is 4.04. The molecule has 0 aliphatic rings. The van der Waals surface area contributed by atoms with Crippen LogP contribution in [-0.2, 0) is 10.5 Å². The zero-order chi connectivity index (χ0) is 15.2. The second kappa shape index (κ2) is 7.91. The Hall–Kier alpha value is -0.710. The van der Waals surface area contributed by atoms with Gasteiger partial charge in [0.25, 0.3) is 0 Å². The molecule has 112 valence electrons. The molecular formula is C15H23ClN2OS. The van der Waals surface area contributed by atoms with E-state index in [1.165, 1.54) is 0 Å². The third-order valence-electron chi connectivity index (χ3n) is 3.11. The smallest absolute Gasteiger partial charge is 0.237 e. The summed E-state index contributed by atoms with van der Waals surface area (Å²) < 4.78 is 0. The Morgan fingerprint density at radius 2 is 2.10 bits per heavy atom. The summed E-state index contributed by atoms with van der Waals surface area (Å²) in [5.41, 5.74) is 5.98. The Bertz CT molecular complexity index is 453. The number of thioether (sulfide) groups is 1. The molecule has 0 spiro atoms. The zero-order valence-corrected chi connectivity index (χ0v) is 13.9. The quantitative estimate of drug-likeness (QED) is 0.724. The molecule has 1 aromatic rings. The predicted octanol–water partition coefficient (Wildman–Crippen LogP) is 3.21. The maximum Gasteiger partial charge on any atom is 0.237 e. The first-order valence-corrected chi connectivity index (χ1v) is 8.27. The van der Waals surface area contributed by atoms with Gasteiger partial charge < -0.3 is 11.1 Å². The number of carbonyl (C=O) groups is 1. The molecule has 0 saturated carbocycles. The molecule has 1 unspecified atom stereocenters. The number of nitrogens with two attached hydrogens (primary N) is 1. The molecule has 0 fully saturated rings. The third-order valence-corrected chi connectivity index (χ3v) is 4.49. The van der Waals surface area contributed by atoms with Gasteiger partial charge in [-0.15, -0.1) is 0 Å². The van der Waals surface area contributed by atoms with Gasteiger partial charge in [0, 0.05) is 16.8 Å². The van der Waals surface area contributed by atoms with E-state index in [1.807, 2.05) is 45.0 Å². The summed E-state index contributed by atoms with van der Waals surface area (Å²) in [6.45, 7) is 5.89. The Balaban J connectivity index is 2.46. The minimum atomic E-state index is -0.651. The number of hydrogen-bond acceptors (Lipinski definition) is 3. The number of halogens is 1. The molecule has 0 radical (unpaired) electrons. The summed E-state index contributed by atoms with van der Waals surface area (Å²) in [6, 6.07) is 8.05. The van der Waals surface area contributed by atoms with Gasteiger partial charge in [0.1, 0.15) is 0 Å². The number of primary amides is 1. The molecule has 3 nitrogen and oxygen atoms in total. The molecule has 1 atom stereocenters. The monoisotopic (exact) mass is 314 g/mol. The van der Waals surface area contributed by atoms with E-state index >= 15 is 0 Å². The fourth-order valence-corrected chi connectivity index (χ4v) is 3.43.